The zero-order valence-electron chi connectivity index (χ0n) is 9.84. The van der Waals surface area contributed by atoms with Crippen molar-refractivity contribution in [3.63, 3.8) is 0 Å². The quantitative estimate of drug-likeness (QED) is 0.275. The second-order valence-corrected chi connectivity index (χ2v) is 3.94. The molecule has 19 heavy (non-hydrogen) atoms. The number of rotatable bonds is 4. The van der Waals surface area contributed by atoms with Gasteiger partial charge in [0, 0.05) is 6.42 Å². The predicted octanol–water partition coefficient (Wildman–Crippen LogP) is -1.07. The normalized spacial score (nSPS) is 13.5. The first kappa shape index (κ1) is 15.5. The van der Waals surface area contributed by atoms with Gasteiger partial charge in [0.1, 0.15) is 29.3 Å². The molecule has 2 rings (SSSR count). The Bertz CT molecular complexity index is 521. The Morgan fingerprint density at radius 1 is 1.32 bits per heavy atom. The summed E-state index contributed by atoms with van der Waals surface area (Å²) in [5.74, 6) is 0. The third-order valence-electron chi connectivity index (χ3n) is 2.17. The van der Waals surface area contributed by atoms with Crippen LogP contribution in [0.5, 0.6) is 0 Å². The number of fused-ring (bicyclic) bond motifs is 1. The van der Waals surface area contributed by atoms with Crippen LogP contribution in [0.15, 0.2) is 17.7 Å². The van der Waals surface area contributed by atoms with E-state index in [-0.39, 0.29) is 6.42 Å². The fourth-order valence-corrected chi connectivity index (χ4v) is 1.35. The maximum Gasteiger partial charge on any atom is 0.181 e. The van der Waals surface area contributed by atoms with Crippen molar-refractivity contribution in [2.45, 2.75) is 23.7 Å². The van der Waals surface area contributed by atoms with Gasteiger partial charge < -0.3 is 25.1 Å². The number of H-pyrrole nitrogens is 1. The van der Waals surface area contributed by atoms with E-state index in [0.29, 0.717) is 17.0 Å². The van der Waals surface area contributed by atoms with Gasteiger partial charge in [0.05, 0.1) is 19.0 Å². The van der Waals surface area contributed by atoms with Crippen LogP contribution < -0.4 is 0 Å². The second-order valence-electron chi connectivity index (χ2n) is 3.52. The SMILES string of the molecule is O=CC[C@H](O)[C@H](O)CO.Sc1ncnc2nc[nH]c12. The van der Waals surface area contributed by atoms with Crippen LogP contribution in [0.25, 0.3) is 11.2 Å². The lowest BCUT2D eigenvalue weighted by Gasteiger charge is -2.11. The van der Waals surface area contributed by atoms with Gasteiger partial charge in [-0.25, -0.2) is 15.0 Å². The minimum atomic E-state index is -1.20. The Labute approximate surface area is 114 Å². The average Bonchev–Trinajstić information content (AvgIpc) is 2.88. The van der Waals surface area contributed by atoms with Gasteiger partial charge in [0.15, 0.2) is 5.65 Å². The lowest BCUT2D eigenvalue weighted by atomic mass is 10.2. The molecule has 0 saturated carbocycles. The topological polar surface area (TPSA) is 132 Å². The third-order valence-corrected chi connectivity index (χ3v) is 2.51. The Kier molecular flexibility index (Phi) is 6.36. The summed E-state index contributed by atoms with van der Waals surface area (Å²) in [6.07, 6.45) is 1.03. The van der Waals surface area contributed by atoms with Crippen molar-refractivity contribution in [3.8, 4) is 0 Å². The standard InChI is InChI=1S/C5H4N4S.C5H10O4/c10-5-3-4(7-1-6-3)8-2-9-5;6-2-1-4(8)5(9)3-7/h1-2H,(H2,6,7,8,9,10);2,4-5,7-9H,1,3H2/t;4-,5+/m.0/s1. The Hall–Kier alpha value is -1.55. The van der Waals surface area contributed by atoms with Gasteiger partial charge in [-0.15, -0.1) is 12.6 Å². The molecule has 2 heterocycles. The van der Waals surface area contributed by atoms with E-state index in [1.54, 1.807) is 6.33 Å². The lowest BCUT2D eigenvalue weighted by molar-refractivity contribution is -0.111. The van der Waals surface area contributed by atoms with Crippen molar-refractivity contribution >= 4 is 30.1 Å². The number of imidazole rings is 1. The van der Waals surface area contributed by atoms with E-state index in [9.17, 15) is 4.79 Å². The monoisotopic (exact) mass is 286 g/mol. The molecule has 0 aliphatic heterocycles. The van der Waals surface area contributed by atoms with Gasteiger partial charge in [-0.3, -0.25) is 0 Å². The van der Waals surface area contributed by atoms with Crippen LogP contribution in [0.3, 0.4) is 0 Å². The first-order chi connectivity index (χ1) is 9.10. The maximum atomic E-state index is 9.68. The number of aromatic nitrogens is 4. The predicted molar refractivity (Wildman–Crippen MR) is 68.7 cm³/mol. The number of hydrogen-bond donors (Lipinski definition) is 5. The highest BCUT2D eigenvalue weighted by Crippen LogP contribution is 2.11. The zero-order valence-corrected chi connectivity index (χ0v) is 10.7. The number of aldehydes is 1. The Balaban J connectivity index is 0.000000192. The molecular formula is C10H14N4O4S. The van der Waals surface area contributed by atoms with E-state index >= 15 is 0 Å². The van der Waals surface area contributed by atoms with Gasteiger partial charge in [-0.1, -0.05) is 0 Å². The third kappa shape index (κ3) is 4.56. The van der Waals surface area contributed by atoms with Crippen LogP contribution in [0, 0.1) is 0 Å². The van der Waals surface area contributed by atoms with Crippen molar-refractivity contribution < 1.29 is 20.1 Å². The number of carbonyl (C=O) groups is 1. The molecule has 0 aliphatic rings. The number of thiol groups is 1. The van der Waals surface area contributed by atoms with E-state index in [1.165, 1.54) is 6.33 Å². The number of carbonyl (C=O) groups excluding carboxylic acids is 1. The average molecular weight is 286 g/mol. The number of aromatic amines is 1. The fourth-order valence-electron chi connectivity index (χ4n) is 1.13. The highest BCUT2D eigenvalue weighted by Gasteiger charge is 2.13. The molecule has 0 bridgehead atoms. The molecule has 8 nitrogen and oxygen atoms in total. The Morgan fingerprint density at radius 2 is 2.05 bits per heavy atom. The number of nitrogens with one attached hydrogen (secondary N) is 1. The van der Waals surface area contributed by atoms with Crippen molar-refractivity contribution in [1.82, 2.24) is 19.9 Å². The minimum absolute atomic E-state index is 0.137. The molecule has 9 heteroatoms. The van der Waals surface area contributed by atoms with E-state index < -0.39 is 18.8 Å². The van der Waals surface area contributed by atoms with E-state index in [4.69, 9.17) is 15.3 Å². The van der Waals surface area contributed by atoms with Gasteiger partial charge in [-0.2, -0.15) is 0 Å². The van der Waals surface area contributed by atoms with E-state index in [2.05, 4.69) is 32.6 Å². The number of nitrogens with zero attached hydrogens (tertiary/aromatic N) is 3. The Morgan fingerprint density at radius 3 is 2.63 bits per heavy atom. The van der Waals surface area contributed by atoms with Gasteiger partial charge >= 0.3 is 0 Å². The van der Waals surface area contributed by atoms with Crippen molar-refractivity contribution in [2.24, 2.45) is 0 Å². The molecule has 0 aromatic carbocycles. The molecule has 2 atom stereocenters. The molecular weight excluding hydrogens is 272 g/mol. The lowest BCUT2D eigenvalue weighted by Crippen LogP contribution is -2.29. The maximum absolute atomic E-state index is 9.68. The van der Waals surface area contributed by atoms with Crippen molar-refractivity contribution in [2.75, 3.05) is 6.61 Å². The van der Waals surface area contributed by atoms with Gasteiger partial charge in [0.25, 0.3) is 0 Å². The van der Waals surface area contributed by atoms with Crippen LogP contribution in [0.1, 0.15) is 6.42 Å². The van der Waals surface area contributed by atoms with Crippen LogP contribution in [0.2, 0.25) is 0 Å². The summed E-state index contributed by atoms with van der Waals surface area (Å²) >= 11 is 4.09. The summed E-state index contributed by atoms with van der Waals surface area (Å²) in [6.45, 7) is -0.519. The number of aliphatic hydroxyl groups excluding tert-OH is 3. The largest absolute Gasteiger partial charge is 0.394 e. The number of hydrogen-bond acceptors (Lipinski definition) is 8. The zero-order chi connectivity index (χ0) is 14.3. The molecule has 0 radical (unpaired) electrons. The van der Waals surface area contributed by atoms with Gasteiger partial charge in [0.2, 0.25) is 0 Å². The summed E-state index contributed by atoms with van der Waals surface area (Å²) < 4.78 is 0. The summed E-state index contributed by atoms with van der Waals surface area (Å²) in [7, 11) is 0. The first-order valence-corrected chi connectivity index (χ1v) is 5.78. The summed E-state index contributed by atoms with van der Waals surface area (Å²) in [5, 5.41) is 26.1. The molecule has 2 aromatic rings. The minimum Gasteiger partial charge on any atom is -0.394 e. The first-order valence-electron chi connectivity index (χ1n) is 5.33. The van der Waals surface area contributed by atoms with Crippen LogP contribution >= 0.6 is 12.6 Å². The van der Waals surface area contributed by atoms with E-state index in [0.717, 1.165) is 5.52 Å². The van der Waals surface area contributed by atoms with Crippen molar-refractivity contribution in [3.05, 3.63) is 12.7 Å². The molecule has 4 N–H and O–H groups in total. The summed E-state index contributed by atoms with van der Waals surface area (Å²) in [4.78, 5) is 24.2. The molecule has 0 aliphatic carbocycles. The van der Waals surface area contributed by atoms with Crippen LogP contribution in [-0.4, -0.2) is 60.4 Å². The smallest absolute Gasteiger partial charge is 0.181 e. The van der Waals surface area contributed by atoms with Crippen LogP contribution in [0.4, 0.5) is 0 Å². The summed E-state index contributed by atoms with van der Waals surface area (Å²) in [6, 6.07) is 0. The number of aliphatic hydroxyl groups is 3. The van der Waals surface area contributed by atoms with Gasteiger partial charge in [-0.05, 0) is 0 Å². The van der Waals surface area contributed by atoms with Crippen molar-refractivity contribution in [1.29, 1.82) is 0 Å². The summed E-state index contributed by atoms with van der Waals surface area (Å²) in [5.41, 5.74) is 1.44. The van der Waals surface area contributed by atoms with E-state index in [1.807, 2.05) is 0 Å². The molecule has 2 aromatic heterocycles. The van der Waals surface area contributed by atoms with Crippen LogP contribution in [-0.2, 0) is 4.79 Å². The molecule has 0 fully saturated rings. The molecule has 0 unspecified atom stereocenters. The highest BCUT2D eigenvalue weighted by atomic mass is 32.1. The molecule has 0 amide bonds. The highest BCUT2D eigenvalue weighted by molar-refractivity contribution is 7.80. The molecule has 0 spiro atoms. The fraction of sp³-hybridized carbons (Fsp3) is 0.400. The molecule has 104 valence electrons. The molecule has 0 saturated heterocycles. The second kappa shape index (κ2) is 7.79.